The van der Waals surface area contributed by atoms with E-state index in [2.05, 4.69) is 26.1 Å². The summed E-state index contributed by atoms with van der Waals surface area (Å²) in [5, 5.41) is 10.1. The lowest BCUT2D eigenvalue weighted by Crippen LogP contribution is -2.37. The predicted octanol–water partition coefficient (Wildman–Crippen LogP) is 2.30. The van der Waals surface area contributed by atoms with Crippen molar-refractivity contribution in [2.75, 3.05) is 19.8 Å². The van der Waals surface area contributed by atoms with Crippen molar-refractivity contribution >= 4 is 20.6 Å². The third kappa shape index (κ3) is 6.80. The Labute approximate surface area is 110 Å². The van der Waals surface area contributed by atoms with Crippen molar-refractivity contribution < 1.29 is 19.4 Å². The van der Waals surface area contributed by atoms with Crippen molar-refractivity contribution in [3.63, 3.8) is 0 Å². The molecule has 0 heterocycles. The summed E-state index contributed by atoms with van der Waals surface area (Å²) < 4.78 is 5.14. The number of rotatable bonds is 6. The molecule has 0 rings (SSSR count). The lowest BCUT2D eigenvalue weighted by molar-refractivity contribution is -0.146. The van der Waals surface area contributed by atoms with Gasteiger partial charge in [0.05, 0.1) is 11.7 Å². The van der Waals surface area contributed by atoms with Gasteiger partial charge in [-0.05, 0) is 25.4 Å². The molecule has 0 fully saturated rings. The predicted molar refractivity (Wildman–Crippen MR) is 73.7 cm³/mol. The zero-order valence-corrected chi connectivity index (χ0v) is 12.8. The van der Waals surface area contributed by atoms with E-state index < -0.39 is 11.2 Å². The fraction of sp³-hybridized carbons (Fsp3) is 0.833. The van der Waals surface area contributed by atoms with Gasteiger partial charge in [-0.15, -0.1) is 8.58 Å². The van der Waals surface area contributed by atoms with E-state index in [9.17, 15) is 9.59 Å². The van der Waals surface area contributed by atoms with E-state index in [0.29, 0.717) is 8.58 Å². The highest BCUT2D eigenvalue weighted by Crippen LogP contribution is 2.40. The van der Waals surface area contributed by atoms with E-state index in [0.717, 1.165) is 6.42 Å². The molecule has 106 valence electrons. The van der Waals surface area contributed by atoms with E-state index >= 15 is 0 Å². The molecule has 1 amide bonds. The second-order valence-corrected chi connectivity index (χ2v) is 7.29. The lowest BCUT2D eigenvalue weighted by Gasteiger charge is -2.32. The first-order chi connectivity index (χ1) is 8.10. The summed E-state index contributed by atoms with van der Waals surface area (Å²) in [4.78, 5) is 22.3. The van der Waals surface area contributed by atoms with E-state index in [1.54, 1.807) is 0 Å². The molecular formula is C12H24NO4P. The quantitative estimate of drug-likeness (QED) is 0.444. The summed E-state index contributed by atoms with van der Waals surface area (Å²) in [6.45, 7) is 10.4. The van der Waals surface area contributed by atoms with Gasteiger partial charge in [0.15, 0.2) is 0 Å². The largest absolute Gasteiger partial charge is 0.465 e. The molecule has 0 radical (unpaired) electrons. The summed E-state index contributed by atoms with van der Waals surface area (Å²) >= 11 is 0. The maximum atomic E-state index is 12.0. The zero-order valence-electron chi connectivity index (χ0n) is 11.8. The van der Waals surface area contributed by atoms with Gasteiger partial charge in [0.2, 0.25) is 0 Å². The number of hydrogen-bond acceptors (Lipinski definition) is 3. The third-order valence-corrected chi connectivity index (χ3v) is 3.98. The van der Waals surface area contributed by atoms with Gasteiger partial charge >= 0.3 is 12.1 Å². The smallest absolute Gasteiger partial charge is 0.404 e. The molecule has 5 nitrogen and oxygen atoms in total. The molecule has 2 unspecified atom stereocenters. The van der Waals surface area contributed by atoms with Crippen molar-refractivity contribution in [1.82, 2.24) is 5.32 Å². The third-order valence-electron chi connectivity index (χ3n) is 2.50. The number of carboxylic acid groups (broad SMARTS) is 1. The molecule has 0 saturated carbocycles. The SMILES string of the molecule is CPC(C)(CC(C)(C)C)C(=O)OCCNC(=O)O. The Balaban J connectivity index is 4.30. The zero-order chi connectivity index (χ0) is 14.4. The number of carbonyl (C=O) groups excluding carboxylic acids is 1. The maximum absolute atomic E-state index is 12.0. The Hall–Kier alpha value is -0.830. The molecule has 0 spiro atoms. The van der Waals surface area contributed by atoms with Crippen LogP contribution in [0.15, 0.2) is 0 Å². The highest BCUT2D eigenvalue weighted by molar-refractivity contribution is 7.40. The summed E-state index contributed by atoms with van der Waals surface area (Å²) in [5.41, 5.74) is 0.0517. The highest BCUT2D eigenvalue weighted by Gasteiger charge is 2.36. The van der Waals surface area contributed by atoms with E-state index in [1.807, 2.05) is 13.6 Å². The molecule has 0 aromatic rings. The number of nitrogens with one attached hydrogen (secondary N) is 1. The number of amides is 1. The number of carbonyl (C=O) groups is 2. The second kappa shape index (κ2) is 6.93. The molecular weight excluding hydrogens is 253 g/mol. The van der Waals surface area contributed by atoms with Crippen LogP contribution in [0.5, 0.6) is 0 Å². The van der Waals surface area contributed by atoms with Crippen LogP contribution in [-0.2, 0) is 9.53 Å². The molecule has 6 heteroatoms. The minimum absolute atomic E-state index is 0.0517. The molecule has 0 bridgehead atoms. The number of ether oxygens (including phenoxy) is 1. The summed E-state index contributed by atoms with van der Waals surface area (Å²) in [7, 11) is 0.452. The van der Waals surface area contributed by atoms with Gasteiger partial charge in [-0.3, -0.25) is 4.79 Å². The summed E-state index contributed by atoms with van der Waals surface area (Å²) in [6.07, 6.45) is -0.360. The van der Waals surface area contributed by atoms with Crippen molar-refractivity contribution in [2.45, 2.75) is 39.3 Å². The normalized spacial score (nSPS) is 15.4. The van der Waals surface area contributed by atoms with Gasteiger partial charge in [-0.25, -0.2) is 4.79 Å². The summed E-state index contributed by atoms with van der Waals surface area (Å²) in [6, 6.07) is 0. The van der Waals surface area contributed by atoms with Crippen molar-refractivity contribution in [3.8, 4) is 0 Å². The van der Waals surface area contributed by atoms with Gasteiger partial charge in [0.1, 0.15) is 6.61 Å². The fourth-order valence-corrected chi connectivity index (χ4v) is 2.77. The maximum Gasteiger partial charge on any atom is 0.404 e. The van der Waals surface area contributed by atoms with Crippen LogP contribution in [0, 0.1) is 5.41 Å². The molecule has 0 saturated heterocycles. The van der Waals surface area contributed by atoms with Crippen molar-refractivity contribution in [1.29, 1.82) is 0 Å². The average molecular weight is 277 g/mol. The van der Waals surface area contributed by atoms with Crippen molar-refractivity contribution in [3.05, 3.63) is 0 Å². The Kier molecular flexibility index (Phi) is 6.61. The molecule has 0 aliphatic rings. The van der Waals surface area contributed by atoms with Gasteiger partial charge in [-0.2, -0.15) is 0 Å². The van der Waals surface area contributed by atoms with E-state index in [4.69, 9.17) is 9.84 Å². The molecule has 0 aliphatic carbocycles. The Morgan fingerprint density at radius 1 is 1.28 bits per heavy atom. The number of esters is 1. The van der Waals surface area contributed by atoms with Gasteiger partial charge < -0.3 is 15.2 Å². The monoisotopic (exact) mass is 277 g/mol. The standard InChI is InChI=1S/C12H24NO4P/c1-11(2,3)8-12(4,18-5)9(14)17-7-6-13-10(15)16/h13,18H,6-8H2,1-5H3,(H,15,16). The average Bonchev–Trinajstić information content (AvgIpc) is 2.21. The first-order valence-corrected chi connectivity index (χ1v) is 7.44. The fourth-order valence-electron chi connectivity index (χ4n) is 1.78. The van der Waals surface area contributed by atoms with Crippen LogP contribution in [0.1, 0.15) is 34.1 Å². The van der Waals surface area contributed by atoms with E-state index in [-0.39, 0.29) is 24.5 Å². The van der Waals surface area contributed by atoms with Crippen LogP contribution in [0.2, 0.25) is 0 Å². The molecule has 2 atom stereocenters. The molecule has 0 aromatic carbocycles. The van der Waals surface area contributed by atoms with Gasteiger partial charge in [0, 0.05) is 0 Å². The van der Waals surface area contributed by atoms with E-state index in [1.165, 1.54) is 0 Å². The van der Waals surface area contributed by atoms with Crippen LogP contribution >= 0.6 is 8.58 Å². The van der Waals surface area contributed by atoms with Crippen LogP contribution in [-0.4, -0.2) is 42.1 Å². The van der Waals surface area contributed by atoms with Gasteiger partial charge in [0.25, 0.3) is 0 Å². The molecule has 2 N–H and O–H groups in total. The molecule has 0 aromatic heterocycles. The highest BCUT2D eigenvalue weighted by atomic mass is 31.1. The minimum atomic E-state index is -1.11. The van der Waals surface area contributed by atoms with Crippen LogP contribution < -0.4 is 5.32 Å². The van der Waals surface area contributed by atoms with Gasteiger partial charge in [-0.1, -0.05) is 20.8 Å². The lowest BCUT2D eigenvalue weighted by atomic mass is 9.85. The summed E-state index contributed by atoms with van der Waals surface area (Å²) in [5.74, 6) is -0.245. The van der Waals surface area contributed by atoms with Crippen LogP contribution in [0.25, 0.3) is 0 Å². The first kappa shape index (κ1) is 17.2. The van der Waals surface area contributed by atoms with Crippen molar-refractivity contribution in [2.24, 2.45) is 5.41 Å². The first-order valence-electron chi connectivity index (χ1n) is 5.94. The Bertz CT molecular complexity index is 301. The second-order valence-electron chi connectivity index (χ2n) is 5.69. The van der Waals surface area contributed by atoms with Crippen LogP contribution in [0.3, 0.4) is 0 Å². The number of hydrogen-bond donors (Lipinski definition) is 2. The topological polar surface area (TPSA) is 75.6 Å². The Morgan fingerprint density at radius 2 is 1.83 bits per heavy atom. The molecule has 0 aliphatic heterocycles. The molecule has 18 heavy (non-hydrogen) atoms. The minimum Gasteiger partial charge on any atom is -0.465 e. The van der Waals surface area contributed by atoms with Crippen LogP contribution in [0.4, 0.5) is 4.79 Å². The Morgan fingerprint density at radius 3 is 2.22 bits per heavy atom.